The Morgan fingerprint density at radius 1 is 0.917 bits per heavy atom. The molecule has 24 heavy (non-hydrogen) atoms. The van der Waals surface area contributed by atoms with E-state index in [1.807, 2.05) is 13.8 Å². The monoisotopic (exact) mass is 360 g/mol. The molecule has 138 valence electrons. The number of methoxy groups -OCH3 is 1. The van der Waals surface area contributed by atoms with E-state index in [0.29, 0.717) is 12.0 Å². The van der Waals surface area contributed by atoms with E-state index in [2.05, 4.69) is 0 Å². The van der Waals surface area contributed by atoms with Crippen LogP contribution in [0.5, 0.6) is 0 Å². The largest absolute Gasteiger partial charge is 0.431 e. The highest BCUT2D eigenvalue weighted by Crippen LogP contribution is 2.51. The molecule has 0 aromatic heterocycles. The molecule has 1 aromatic carbocycles. The van der Waals surface area contributed by atoms with Crippen molar-refractivity contribution in [2.45, 2.75) is 50.8 Å². The molecular formula is C16H19F7O. The van der Waals surface area contributed by atoms with Gasteiger partial charge in [-0.2, -0.15) is 26.3 Å². The minimum atomic E-state index is -6.09. The van der Waals surface area contributed by atoms with E-state index < -0.39 is 30.5 Å². The van der Waals surface area contributed by atoms with Crippen LogP contribution in [0.1, 0.15) is 37.5 Å². The molecule has 0 bridgehead atoms. The maximum absolute atomic E-state index is 14.0. The Hall–Kier alpha value is -1.31. The van der Waals surface area contributed by atoms with Gasteiger partial charge in [-0.05, 0) is 23.5 Å². The fourth-order valence-electron chi connectivity index (χ4n) is 2.44. The highest BCUT2D eigenvalue weighted by Gasteiger charge is 2.72. The molecule has 0 spiro atoms. The standard InChI is InChI=1S/C16H19F7O/c1-10(2)8-11-6-4-5-7-12(11)13(24-3)9-14(17,15(18,19)20)16(21,22)23/h4-7,10,13H,8-9H2,1-3H3. The summed E-state index contributed by atoms with van der Waals surface area (Å²) in [7, 11) is 0.962. The van der Waals surface area contributed by atoms with Gasteiger partial charge in [-0.3, -0.25) is 0 Å². The smallest absolute Gasteiger partial charge is 0.377 e. The van der Waals surface area contributed by atoms with Crippen LogP contribution in [0.3, 0.4) is 0 Å². The quantitative estimate of drug-likeness (QED) is 0.583. The van der Waals surface area contributed by atoms with Crippen molar-refractivity contribution in [1.29, 1.82) is 0 Å². The van der Waals surface area contributed by atoms with E-state index in [-0.39, 0.29) is 11.5 Å². The van der Waals surface area contributed by atoms with Crippen molar-refractivity contribution in [3.63, 3.8) is 0 Å². The Bertz CT molecular complexity index is 520. The van der Waals surface area contributed by atoms with E-state index in [1.54, 1.807) is 12.1 Å². The number of hydrogen-bond acceptors (Lipinski definition) is 1. The minimum Gasteiger partial charge on any atom is -0.377 e. The first kappa shape index (κ1) is 20.7. The summed E-state index contributed by atoms with van der Waals surface area (Å²) >= 11 is 0. The average molecular weight is 360 g/mol. The third-order valence-electron chi connectivity index (χ3n) is 3.68. The Morgan fingerprint density at radius 2 is 1.42 bits per heavy atom. The average Bonchev–Trinajstić information content (AvgIpc) is 2.42. The summed E-state index contributed by atoms with van der Waals surface area (Å²) in [5, 5.41) is 0. The van der Waals surface area contributed by atoms with Gasteiger partial charge in [0.1, 0.15) is 0 Å². The Kier molecular flexibility index (Phi) is 6.30. The molecule has 0 radical (unpaired) electrons. The number of halogens is 7. The van der Waals surface area contributed by atoms with Crippen molar-refractivity contribution in [2.75, 3.05) is 7.11 Å². The Labute approximate surface area is 135 Å². The molecule has 1 aromatic rings. The summed E-state index contributed by atoms with van der Waals surface area (Å²) < 4.78 is 95.4. The third kappa shape index (κ3) is 4.40. The zero-order valence-electron chi connectivity index (χ0n) is 13.4. The van der Waals surface area contributed by atoms with Gasteiger partial charge in [0.2, 0.25) is 0 Å². The second kappa shape index (κ2) is 7.29. The fraction of sp³-hybridized carbons (Fsp3) is 0.625. The molecule has 1 nitrogen and oxygen atoms in total. The Balaban J connectivity index is 3.28. The van der Waals surface area contributed by atoms with Gasteiger partial charge in [-0.25, -0.2) is 4.39 Å². The summed E-state index contributed by atoms with van der Waals surface area (Å²) in [5.74, 6) is 0.115. The van der Waals surface area contributed by atoms with E-state index in [9.17, 15) is 30.7 Å². The first-order valence-electron chi connectivity index (χ1n) is 7.26. The summed E-state index contributed by atoms with van der Waals surface area (Å²) in [4.78, 5) is 0. The highest BCUT2D eigenvalue weighted by atomic mass is 19.4. The summed E-state index contributed by atoms with van der Waals surface area (Å²) in [6.45, 7) is 3.70. The molecule has 0 heterocycles. The lowest BCUT2D eigenvalue weighted by atomic mass is 9.88. The molecule has 0 fully saturated rings. The molecule has 0 saturated carbocycles. The van der Waals surface area contributed by atoms with Crippen molar-refractivity contribution in [3.05, 3.63) is 35.4 Å². The molecular weight excluding hydrogens is 341 g/mol. The van der Waals surface area contributed by atoms with Gasteiger partial charge in [0.25, 0.3) is 0 Å². The molecule has 1 unspecified atom stereocenters. The molecule has 1 atom stereocenters. The van der Waals surface area contributed by atoms with Gasteiger partial charge >= 0.3 is 18.0 Å². The van der Waals surface area contributed by atoms with E-state index in [0.717, 1.165) is 7.11 Å². The topological polar surface area (TPSA) is 9.23 Å². The lowest BCUT2D eigenvalue weighted by Crippen LogP contribution is -2.54. The van der Waals surface area contributed by atoms with Gasteiger partial charge < -0.3 is 4.74 Å². The van der Waals surface area contributed by atoms with E-state index in [1.165, 1.54) is 12.1 Å². The molecule has 0 aliphatic rings. The first-order valence-corrected chi connectivity index (χ1v) is 7.26. The van der Waals surface area contributed by atoms with Crippen molar-refractivity contribution in [1.82, 2.24) is 0 Å². The van der Waals surface area contributed by atoms with Crippen molar-refractivity contribution in [2.24, 2.45) is 5.92 Å². The van der Waals surface area contributed by atoms with Gasteiger partial charge in [-0.1, -0.05) is 38.1 Å². The van der Waals surface area contributed by atoms with Crippen molar-refractivity contribution in [3.8, 4) is 0 Å². The summed E-state index contributed by atoms with van der Waals surface area (Å²) in [6.07, 6.45) is -15.3. The molecule has 8 heteroatoms. The SMILES string of the molecule is COC(CC(F)(C(F)(F)F)C(F)(F)F)c1ccccc1CC(C)C. The summed E-state index contributed by atoms with van der Waals surface area (Å²) in [5.41, 5.74) is -4.68. The maximum atomic E-state index is 14.0. The van der Waals surface area contributed by atoms with Crippen LogP contribution in [0.25, 0.3) is 0 Å². The number of hydrogen-bond donors (Lipinski definition) is 0. The fourth-order valence-corrected chi connectivity index (χ4v) is 2.44. The van der Waals surface area contributed by atoms with Crippen LogP contribution in [0.4, 0.5) is 30.7 Å². The minimum absolute atomic E-state index is 0.115. The van der Waals surface area contributed by atoms with E-state index >= 15 is 0 Å². The molecule has 0 N–H and O–H groups in total. The number of rotatable bonds is 6. The van der Waals surface area contributed by atoms with E-state index in [4.69, 9.17) is 4.74 Å². The van der Waals surface area contributed by atoms with Crippen LogP contribution in [-0.2, 0) is 11.2 Å². The van der Waals surface area contributed by atoms with Crippen molar-refractivity contribution >= 4 is 0 Å². The van der Waals surface area contributed by atoms with Gasteiger partial charge in [0.15, 0.2) is 0 Å². The zero-order valence-corrected chi connectivity index (χ0v) is 13.4. The second-order valence-electron chi connectivity index (χ2n) is 6.02. The molecule has 0 saturated heterocycles. The van der Waals surface area contributed by atoms with Gasteiger partial charge in [0.05, 0.1) is 6.10 Å². The molecule has 0 amide bonds. The maximum Gasteiger partial charge on any atom is 0.431 e. The van der Waals surface area contributed by atoms with Crippen molar-refractivity contribution < 1.29 is 35.5 Å². The van der Waals surface area contributed by atoms with Gasteiger partial charge in [0, 0.05) is 13.5 Å². The lowest BCUT2D eigenvalue weighted by molar-refractivity contribution is -0.348. The van der Waals surface area contributed by atoms with Crippen LogP contribution < -0.4 is 0 Å². The highest BCUT2D eigenvalue weighted by molar-refractivity contribution is 5.30. The van der Waals surface area contributed by atoms with Crippen LogP contribution in [0.15, 0.2) is 24.3 Å². The van der Waals surface area contributed by atoms with Crippen LogP contribution >= 0.6 is 0 Å². The number of alkyl halides is 7. The molecule has 0 aliphatic heterocycles. The summed E-state index contributed by atoms with van der Waals surface area (Å²) in [6, 6.07) is 6.03. The third-order valence-corrected chi connectivity index (χ3v) is 3.68. The van der Waals surface area contributed by atoms with Gasteiger partial charge in [-0.15, -0.1) is 0 Å². The van der Waals surface area contributed by atoms with Crippen LogP contribution in [0, 0.1) is 5.92 Å². The predicted octanol–water partition coefficient (Wildman–Crippen LogP) is 5.80. The predicted molar refractivity (Wildman–Crippen MR) is 75.3 cm³/mol. The Morgan fingerprint density at radius 3 is 1.83 bits per heavy atom. The lowest BCUT2D eigenvalue weighted by Gasteiger charge is -2.33. The number of ether oxygens (including phenoxy) is 1. The number of benzene rings is 1. The second-order valence-corrected chi connectivity index (χ2v) is 6.02. The van der Waals surface area contributed by atoms with Crippen LogP contribution in [-0.4, -0.2) is 25.1 Å². The first-order chi connectivity index (χ1) is 10.8. The van der Waals surface area contributed by atoms with Crippen LogP contribution in [0.2, 0.25) is 0 Å². The molecule has 0 aliphatic carbocycles. The molecule has 1 rings (SSSR count). The zero-order chi connectivity index (χ0) is 18.8. The normalized spacial score (nSPS) is 15.0.